The number of anilines is 1. The highest BCUT2D eigenvalue weighted by Gasteiger charge is 2.46. The number of nitrogens with one attached hydrogen (secondary N) is 1. The maximum absolute atomic E-state index is 13.7. The topological polar surface area (TPSA) is 61.8 Å². The number of carbonyl (C=O) groups is 2. The molecule has 2 aromatic rings. The first-order valence-electron chi connectivity index (χ1n) is 10.5. The highest BCUT2D eigenvalue weighted by Crippen LogP contribution is 2.46. The van der Waals surface area contributed by atoms with Crippen molar-refractivity contribution in [3.8, 4) is 0 Å². The Labute approximate surface area is 206 Å². The van der Waals surface area contributed by atoms with Crippen LogP contribution in [0.4, 0.5) is 36.8 Å². The summed E-state index contributed by atoms with van der Waals surface area (Å²) < 4.78 is 80.3. The van der Waals surface area contributed by atoms with Crippen molar-refractivity contribution in [3.05, 3.63) is 69.1 Å². The number of amidine groups is 1. The third-order valence-electron chi connectivity index (χ3n) is 6.01. The van der Waals surface area contributed by atoms with Gasteiger partial charge in [0.1, 0.15) is 5.84 Å². The average Bonchev–Trinajstić information content (AvgIpc) is 3.22. The number of halogens is 6. The molecule has 1 N–H and O–H groups in total. The van der Waals surface area contributed by atoms with Crippen molar-refractivity contribution in [1.82, 2.24) is 5.32 Å². The van der Waals surface area contributed by atoms with Gasteiger partial charge in [0.15, 0.2) is 0 Å². The Hall–Kier alpha value is -3.28. The Kier molecular flexibility index (Phi) is 6.22. The summed E-state index contributed by atoms with van der Waals surface area (Å²) in [5.74, 6) is -0.157. The van der Waals surface area contributed by atoms with Crippen LogP contribution in [0.25, 0.3) is 6.08 Å². The normalized spacial score (nSPS) is 19.9. The predicted octanol–water partition coefficient (Wildman–Crippen LogP) is 6.37. The molecular weight excluding hydrogens is 508 g/mol. The minimum atomic E-state index is -5.06. The fraction of sp³-hybridized carbons (Fsp3) is 0.292. The Morgan fingerprint density at radius 2 is 1.75 bits per heavy atom. The SMILES string of the molecule is CN=C1NC(=O)S/C1=C\c1cccc2c1C(C)(C)C(=O)N2Cc1ccc(C(F)(F)F)cc1C(F)(F)F. The molecule has 0 aromatic heterocycles. The summed E-state index contributed by atoms with van der Waals surface area (Å²) >= 11 is 0.916. The molecule has 1 saturated heterocycles. The van der Waals surface area contributed by atoms with E-state index in [4.69, 9.17) is 0 Å². The van der Waals surface area contributed by atoms with Gasteiger partial charge in [-0.15, -0.1) is 0 Å². The Bertz CT molecular complexity index is 1330. The van der Waals surface area contributed by atoms with Crippen LogP contribution in [0.5, 0.6) is 0 Å². The summed E-state index contributed by atoms with van der Waals surface area (Å²) in [6, 6.07) is 6.29. The van der Waals surface area contributed by atoms with E-state index >= 15 is 0 Å². The quantitative estimate of drug-likeness (QED) is 0.472. The number of benzene rings is 2. The molecule has 36 heavy (non-hydrogen) atoms. The van der Waals surface area contributed by atoms with Crippen molar-refractivity contribution in [2.45, 2.75) is 38.2 Å². The van der Waals surface area contributed by atoms with Gasteiger partial charge >= 0.3 is 12.4 Å². The van der Waals surface area contributed by atoms with Gasteiger partial charge < -0.3 is 10.2 Å². The number of amides is 2. The van der Waals surface area contributed by atoms with E-state index in [9.17, 15) is 35.9 Å². The molecule has 190 valence electrons. The monoisotopic (exact) mass is 527 g/mol. The molecule has 0 bridgehead atoms. The van der Waals surface area contributed by atoms with E-state index in [1.54, 1.807) is 38.1 Å². The molecule has 2 aliphatic rings. The Morgan fingerprint density at radius 1 is 1.06 bits per heavy atom. The van der Waals surface area contributed by atoms with E-state index in [1.807, 2.05) is 0 Å². The van der Waals surface area contributed by atoms with Gasteiger partial charge in [-0.05, 0) is 66.6 Å². The number of fused-ring (bicyclic) bond motifs is 1. The van der Waals surface area contributed by atoms with Gasteiger partial charge in [-0.3, -0.25) is 14.6 Å². The van der Waals surface area contributed by atoms with Crippen molar-refractivity contribution in [2.75, 3.05) is 11.9 Å². The first-order chi connectivity index (χ1) is 16.6. The van der Waals surface area contributed by atoms with Crippen molar-refractivity contribution < 1.29 is 35.9 Å². The van der Waals surface area contributed by atoms with Gasteiger partial charge in [-0.1, -0.05) is 18.2 Å². The third-order valence-corrected chi connectivity index (χ3v) is 6.83. The van der Waals surface area contributed by atoms with Gasteiger partial charge in [-0.25, -0.2) is 0 Å². The van der Waals surface area contributed by atoms with Crippen molar-refractivity contribution in [3.63, 3.8) is 0 Å². The molecule has 5 nitrogen and oxygen atoms in total. The second-order valence-electron chi connectivity index (χ2n) is 8.72. The molecule has 2 amide bonds. The molecule has 0 spiro atoms. The van der Waals surface area contributed by atoms with Crippen LogP contribution in [0.15, 0.2) is 46.3 Å². The zero-order chi connectivity index (χ0) is 26.6. The maximum atomic E-state index is 13.7. The van der Waals surface area contributed by atoms with Gasteiger partial charge in [0, 0.05) is 12.7 Å². The lowest BCUT2D eigenvalue weighted by Crippen LogP contribution is -2.36. The van der Waals surface area contributed by atoms with Gasteiger partial charge in [0.2, 0.25) is 5.91 Å². The molecule has 2 aliphatic heterocycles. The standard InChI is InChI=1S/C24H19F6N3O2S/c1-22(2)18-12(9-17-19(31-3)32-21(35)36-17)5-4-6-16(18)33(20(22)34)11-13-7-8-14(23(25,26)27)10-15(13)24(28,29)30/h4-10H,11H2,1-3H3,(H,31,32,35)/b17-9-. The summed E-state index contributed by atoms with van der Waals surface area (Å²) in [5.41, 5.74) is -3.06. The van der Waals surface area contributed by atoms with Crippen LogP contribution in [0.3, 0.4) is 0 Å². The summed E-state index contributed by atoms with van der Waals surface area (Å²) in [6.07, 6.45) is -8.34. The molecule has 0 radical (unpaired) electrons. The summed E-state index contributed by atoms with van der Waals surface area (Å²) in [5, 5.41) is 2.26. The van der Waals surface area contributed by atoms with Crippen molar-refractivity contribution in [1.29, 1.82) is 0 Å². The number of carbonyl (C=O) groups excluding carboxylic acids is 2. The predicted molar refractivity (Wildman–Crippen MR) is 125 cm³/mol. The van der Waals surface area contributed by atoms with Crippen LogP contribution < -0.4 is 10.2 Å². The van der Waals surface area contributed by atoms with Crippen LogP contribution in [-0.2, 0) is 29.1 Å². The fourth-order valence-electron chi connectivity index (χ4n) is 4.36. The van der Waals surface area contributed by atoms with Crippen LogP contribution in [0.2, 0.25) is 0 Å². The summed E-state index contributed by atoms with van der Waals surface area (Å²) in [6.45, 7) is 2.67. The zero-order valence-electron chi connectivity index (χ0n) is 19.1. The number of hydrogen-bond acceptors (Lipinski definition) is 4. The minimum absolute atomic E-state index is 0.0652. The van der Waals surface area contributed by atoms with Crippen LogP contribution in [0, 0.1) is 0 Å². The summed E-state index contributed by atoms with van der Waals surface area (Å²) in [4.78, 5) is 30.9. The third kappa shape index (κ3) is 4.49. The summed E-state index contributed by atoms with van der Waals surface area (Å²) in [7, 11) is 1.50. The zero-order valence-corrected chi connectivity index (χ0v) is 20.0. The highest BCUT2D eigenvalue weighted by atomic mass is 32.2. The molecule has 2 aromatic carbocycles. The van der Waals surface area contributed by atoms with E-state index in [1.165, 1.54) is 7.05 Å². The van der Waals surface area contributed by atoms with Crippen LogP contribution >= 0.6 is 11.8 Å². The molecule has 0 aliphatic carbocycles. The average molecular weight is 527 g/mol. The molecule has 12 heteroatoms. The molecule has 1 fully saturated rings. The highest BCUT2D eigenvalue weighted by molar-refractivity contribution is 8.18. The number of thioether (sulfide) groups is 1. The largest absolute Gasteiger partial charge is 0.416 e. The number of aliphatic imine (C=N–C) groups is 1. The van der Waals surface area contributed by atoms with Gasteiger partial charge in [-0.2, -0.15) is 26.3 Å². The number of alkyl halides is 6. The van der Waals surface area contributed by atoms with Crippen LogP contribution in [0.1, 0.15) is 41.7 Å². The second kappa shape index (κ2) is 8.68. The van der Waals surface area contributed by atoms with E-state index in [2.05, 4.69) is 10.3 Å². The van der Waals surface area contributed by atoms with Crippen molar-refractivity contribution in [2.24, 2.45) is 4.99 Å². The smallest absolute Gasteiger partial charge is 0.307 e. The molecule has 0 saturated carbocycles. The minimum Gasteiger partial charge on any atom is -0.307 e. The van der Waals surface area contributed by atoms with E-state index in [0.29, 0.717) is 33.6 Å². The lowest BCUT2D eigenvalue weighted by molar-refractivity contribution is -0.143. The lowest BCUT2D eigenvalue weighted by atomic mass is 9.83. The van der Waals surface area contributed by atoms with E-state index in [0.717, 1.165) is 22.7 Å². The molecule has 2 heterocycles. The first kappa shape index (κ1) is 25.8. The Morgan fingerprint density at radius 3 is 2.36 bits per heavy atom. The van der Waals surface area contributed by atoms with E-state index in [-0.39, 0.29) is 11.3 Å². The number of hydrogen-bond donors (Lipinski definition) is 1. The molecule has 4 rings (SSSR count). The fourth-order valence-corrected chi connectivity index (χ4v) is 5.13. The molecule has 0 atom stereocenters. The first-order valence-corrected chi connectivity index (χ1v) is 11.4. The van der Waals surface area contributed by atoms with Gasteiger partial charge in [0.25, 0.3) is 5.24 Å². The lowest BCUT2D eigenvalue weighted by Gasteiger charge is -2.23. The van der Waals surface area contributed by atoms with E-state index < -0.39 is 46.9 Å². The van der Waals surface area contributed by atoms with Crippen molar-refractivity contribution >= 4 is 40.5 Å². The Balaban J connectivity index is 1.81. The van der Waals surface area contributed by atoms with Gasteiger partial charge in [0.05, 0.1) is 28.0 Å². The second-order valence-corrected chi connectivity index (χ2v) is 9.74. The van der Waals surface area contributed by atoms with Crippen LogP contribution in [-0.4, -0.2) is 24.0 Å². The molecule has 0 unspecified atom stereocenters. The number of nitrogens with zero attached hydrogens (tertiary/aromatic N) is 2. The maximum Gasteiger partial charge on any atom is 0.416 e. The number of rotatable bonds is 3. The molecular formula is C24H19F6N3O2S.